The van der Waals surface area contributed by atoms with E-state index in [4.69, 9.17) is 0 Å². The Morgan fingerprint density at radius 3 is 2.53 bits per heavy atom. The minimum Gasteiger partial charge on any atom is -0.369 e. The number of nitrogens with zero attached hydrogens (tertiary/aromatic N) is 2. The fourth-order valence-electron chi connectivity index (χ4n) is 2.63. The predicted molar refractivity (Wildman–Crippen MR) is 68.0 cm³/mol. The molecule has 3 rings (SSSR count). The van der Waals surface area contributed by atoms with Crippen LogP contribution in [0.1, 0.15) is 18.4 Å². The topological polar surface area (TPSA) is 39.1 Å². The maximum Gasteiger partial charge on any atom is 0.0843 e. The second-order valence-corrected chi connectivity index (χ2v) is 4.95. The Labute approximate surface area is 102 Å². The van der Waals surface area contributed by atoms with Crippen molar-refractivity contribution in [1.29, 1.82) is 5.26 Å². The molecule has 0 aromatic heterocycles. The number of nitriles is 1. The fraction of sp³-hybridized carbons (Fsp3) is 0.500. The van der Waals surface area contributed by atoms with Gasteiger partial charge in [0.25, 0.3) is 0 Å². The van der Waals surface area contributed by atoms with Crippen LogP contribution < -0.4 is 10.2 Å². The normalized spacial score (nSPS) is 21.9. The predicted octanol–water partition coefficient (Wildman–Crippen LogP) is 1.65. The van der Waals surface area contributed by atoms with Crippen molar-refractivity contribution in [2.24, 2.45) is 0 Å². The Hall–Kier alpha value is -1.53. The number of rotatable bonds is 2. The largest absolute Gasteiger partial charge is 0.369 e. The summed E-state index contributed by atoms with van der Waals surface area (Å²) in [6.07, 6.45) is 2.04. The van der Waals surface area contributed by atoms with Gasteiger partial charge in [0.1, 0.15) is 0 Å². The van der Waals surface area contributed by atoms with Gasteiger partial charge in [-0.15, -0.1) is 0 Å². The molecular formula is C14H17N3. The van der Waals surface area contributed by atoms with Gasteiger partial charge in [-0.05, 0) is 24.5 Å². The Balaban J connectivity index is 1.96. The van der Waals surface area contributed by atoms with Gasteiger partial charge in [0.2, 0.25) is 0 Å². The van der Waals surface area contributed by atoms with Crippen LogP contribution in [0.4, 0.5) is 5.69 Å². The van der Waals surface area contributed by atoms with Crippen LogP contribution in [0.15, 0.2) is 24.3 Å². The third-order valence-electron chi connectivity index (χ3n) is 3.84. The zero-order chi connectivity index (χ0) is 11.7. The van der Waals surface area contributed by atoms with E-state index >= 15 is 0 Å². The monoisotopic (exact) mass is 227 g/mol. The van der Waals surface area contributed by atoms with Crippen molar-refractivity contribution in [3.8, 4) is 6.07 Å². The highest BCUT2D eigenvalue weighted by Gasteiger charge is 2.46. The van der Waals surface area contributed by atoms with Gasteiger partial charge in [-0.1, -0.05) is 18.2 Å². The lowest BCUT2D eigenvalue weighted by Gasteiger charge is -2.32. The van der Waals surface area contributed by atoms with E-state index in [1.54, 1.807) is 0 Å². The molecule has 2 fully saturated rings. The van der Waals surface area contributed by atoms with Crippen molar-refractivity contribution in [2.75, 3.05) is 31.1 Å². The van der Waals surface area contributed by atoms with Crippen LogP contribution in [0.2, 0.25) is 0 Å². The molecule has 0 atom stereocenters. The quantitative estimate of drug-likeness (QED) is 0.835. The third-order valence-corrected chi connectivity index (χ3v) is 3.84. The van der Waals surface area contributed by atoms with E-state index in [1.165, 1.54) is 11.3 Å². The highest BCUT2D eigenvalue weighted by Crippen LogP contribution is 2.50. The zero-order valence-corrected chi connectivity index (χ0v) is 9.95. The molecule has 88 valence electrons. The summed E-state index contributed by atoms with van der Waals surface area (Å²) in [6.45, 7) is 4.15. The number of anilines is 1. The number of nitrogens with one attached hydrogen (secondary N) is 1. The zero-order valence-electron chi connectivity index (χ0n) is 9.95. The molecule has 1 aromatic rings. The molecule has 1 saturated carbocycles. The van der Waals surface area contributed by atoms with Gasteiger partial charge in [0.15, 0.2) is 0 Å². The summed E-state index contributed by atoms with van der Waals surface area (Å²) >= 11 is 0. The molecule has 1 heterocycles. The van der Waals surface area contributed by atoms with Gasteiger partial charge in [0, 0.05) is 31.9 Å². The van der Waals surface area contributed by atoms with Gasteiger partial charge >= 0.3 is 0 Å². The summed E-state index contributed by atoms with van der Waals surface area (Å²) in [6, 6.07) is 10.9. The van der Waals surface area contributed by atoms with Gasteiger partial charge in [0.05, 0.1) is 11.5 Å². The first-order chi connectivity index (χ1) is 8.36. The number of hydrogen-bond donors (Lipinski definition) is 1. The summed E-state index contributed by atoms with van der Waals surface area (Å²) < 4.78 is 0. The molecule has 3 nitrogen and oxygen atoms in total. The molecule has 0 bridgehead atoms. The maximum absolute atomic E-state index is 9.35. The van der Waals surface area contributed by atoms with Crippen LogP contribution in [-0.2, 0) is 5.41 Å². The minimum atomic E-state index is -0.179. The lowest BCUT2D eigenvalue weighted by Crippen LogP contribution is -2.44. The number of hydrogen-bond acceptors (Lipinski definition) is 3. The molecule has 0 amide bonds. The third kappa shape index (κ3) is 1.79. The van der Waals surface area contributed by atoms with Gasteiger partial charge < -0.3 is 10.2 Å². The second kappa shape index (κ2) is 4.05. The smallest absolute Gasteiger partial charge is 0.0843 e. The first kappa shape index (κ1) is 10.6. The fourth-order valence-corrected chi connectivity index (χ4v) is 2.63. The van der Waals surface area contributed by atoms with Gasteiger partial charge in [-0.25, -0.2) is 0 Å². The van der Waals surface area contributed by atoms with E-state index in [0.717, 1.165) is 39.0 Å². The Kier molecular flexibility index (Phi) is 2.53. The van der Waals surface area contributed by atoms with Crippen molar-refractivity contribution in [3.05, 3.63) is 29.8 Å². The molecule has 2 aliphatic rings. The molecule has 1 N–H and O–H groups in total. The van der Waals surface area contributed by atoms with E-state index in [-0.39, 0.29) is 5.41 Å². The molecule has 0 unspecified atom stereocenters. The van der Waals surface area contributed by atoms with Crippen molar-refractivity contribution < 1.29 is 0 Å². The van der Waals surface area contributed by atoms with Crippen LogP contribution in [0, 0.1) is 11.3 Å². The number of benzene rings is 1. The highest BCUT2D eigenvalue weighted by atomic mass is 15.2. The van der Waals surface area contributed by atoms with E-state index in [9.17, 15) is 5.26 Å². The summed E-state index contributed by atoms with van der Waals surface area (Å²) in [5.41, 5.74) is 2.33. The van der Waals surface area contributed by atoms with Crippen LogP contribution in [0.25, 0.3) is 0 Å². The van der Waals surface area contributed by atoms with Crippen LogP contribution in [-0.4, -0.2) is 26.2 Å². The van der Waals surface area contributed by atoms with Crippen molar-refractivity contribution >= 4 is 5.69 Å². The number of para-hydroxylation sites is 1. The van der Waals surface area contributed by atoms with Crippen molar-refractivity contribution in [1.82, 2.24) is 5.32 Å². The van der Waals surface area contributed by atoms with E-state index in [2.05, 4.69) is 40.6 Å². The average Bonchev–Trinajstić information content (AvgIpc) is 3.21. The van der Waals surface area contributed by atoms with E-state index < -0.39 is 0 Å². The Morgan fingerprint density at radius 1 is 1.18 bits per heavy atom. The molecule has 0 spiro atoms. The highest BCUT2D eigenvalue weighted by molar-refractivity contribution is 5.61. The summed E-state index contributed by atoms with van der Waals surface area (Å²) in [5, 5.41) is 12.7. The van der Waals surface area contributed by atoms with Crippen molar-refractivity contribution in [3.63, 3.8) is 0 Å². The summed E-state index contributed by atoms with van der Waals surface area (Å²) in [4.78, 5) is 2.41. The lowest BCUT2D eigenvalue weighted by molar-refractivity contribution is 0.586. The van der Waals surface area contributed by atoms with E-state index in [1.807, 2.05) is 0 Å². The molecule has 1 aliphatic carbocycles. The molecular weight excluding hydrogens is 210 g/mol. The first-order valence-corrected chi connectivity index (χ1v) is 6.32. The maximum atomic E-state index is 9.35. The average molecular weight is 227 g/mol. The Morgan fingerprint density at radius 2 is 1.88 bits per heavy atom. The first-order valence-electron chi connectivity index (χ1n) is 6.32. The standard InChI is InChI=1S/C14H17N3/c15-11-14(5-6-14)12-3-1-2-4-13(12)17-9-7-16-8-10-17/h1-4,16H,5-10H2. The van der Waals surface area contributed by atoms with Crippen LogP contribution >= 0.6 is 0 Å². The molecule has 1 aliphatic heterocycles. The molecule has 3 heteroatoms. The molecule has 1 saturated heterocycles. The minimum absolute atomic E-state index is 0.179. The summed E-state index contributed by atoms with van der Waals surface area (Å²) in [7, 11) is 0. The molecule has 1 aromatic carbocycles. The lowest BCUT2D eigenvalue weighted by atomic mass is 9.95. The summed E-state index contributed by atoms with van der Waals surface area (Å²) in [5.74, 6) is 0. The number of piperazine rings is 1. The molecule has 17 heavy (non-hydrogen) atoms. The van der Waals surface area contributed by atoms with E-state index in [0.29, 0.717) is 0 Å². The van der Waals surface area contributed by atoms with Crippen LogP contribution in [0.3, 0.4) is 0 Å². The van der Waals surface area contributed by atoms with Crippen LogP contribution in [0.5, 0.6) is 0 Å². The SMILES string of the molecule is N#CC1(c2ccccc2N2CCNCC2)CC1. The van der Waals surface area contributed by atoms with Gasteiger partial charge in [-0.2, -0.15) is 5.26 Å². The van der Waals surface area contributed by atoms with Gasteiger partial charge in [-0.3, -0.25) is 0 Å². The second-order valence-electron chi connectivity index (χ2n) is 4.95. The Bertz CT molecular complexity index is 451. The molecule has 0 radical (unpaired) electrons. The van der Waals surface area contributed by atoms with Crippen molar-refractivity contribution in [2.45, 2.75) is 18.3 Å².